The van der Waals surface area contributed by atoms with Crippen molar-refractivity contribution in [3.63, 3.8) is 0 Å². The molecule has 3 rings (SSSR count). The Morgan fingerprint density at radius 1 is 1.21 bits per heavy atom. The first kappa shape index (κ1) is 20.6. The van der Waals surface area contributed by atoms with E-state index in [4.69, 9.17) is 4.74 Å². The number of aryl methyl sites for hydroxylation is 1. The van der Waals surface area contributed by atoms with Crippen LogP contribution in [0.5, 0.6) is 5.75 Å². The second-order valence-electron chi connectivity index (χ2n) is 6.46. The SMILES string of the molecule is Cc1ccc(OC(C)C(=O)NCC(=O)Nc2ccc(-n3cccn3)cc2)c(Br)c1. The minimum atomic E-state index is -0.741. The Labute approximate surface area is 177 Å². The third kappa shape index (κ3) is 5.68. The zero-order valence-electron chi connectivity index (χ0n) is 16.1. The molecule has 7 nitrogen and oxygen atoms in total. The topological polar surface area (TPSA) is 85.2 Å². The molecule has 0 aliphatic carbocycles. The highest BCUT2D eigenvalue weighted by Gasteiger charge is 2.17. The van der Waals surface area contributed by atoms with E-state index in [0.717, 1.165) is 15.7 Å². The van der Waals surface area contributed by atoms with Gasteiger partial charge < -0.3 is 15.4 Å². The van der Waals surface area contributed by atoms with Gasteiger partial charge >= 0.3 is 0 Å². The zero-order valence-corrected chi connectivity index (χ0v) is 17.6. The van der Waals surface area contributed by atoms with Gasteiger partial charge in [0.2, 0.25) is 5.91 Å². The number of rotatable bonds is 7. The van der Waals surface area contributed by atoms with E-state index in [1.807, 2.05) is 43.5 Å². The lowest BCUT2D eigenvalue weighted by Gasteiger charge is -2.16. The Morgan fingerprint density at radius 3 is 2.62 bits per heavy atom. The Morgan fingerprint density at radius 2 is 1.97 bits per heavy atom. The van der Waals surface area contributed by atoms with Crippen LogP contribution in [-0.2, 0) is 9.59 Å². The highest BCUT2D eigenvalue weighted by atomic mass is 79.9. The molecule has 150 valence electrons. The summed E-state index contributed by atoms with van der Waals surface area (Å²) in [5, 5.41) is 9.47. The molecule has 2 aromatic carbocycles. The van der Waals surface area contributed by atoms with Crippen molar-refractivity contribution in [2.75, 3.05) is 11.9 Å². The number of hydrogen-bond donors (Lipinski definition) is 2. The monoisotopic (exact) mass is 456 g/mol. The van der Waals surface area contributed by atoms with Crippen molar-refractivity contribution in [2.24, 2.45) is 0 Å². The summed E-state index contributed by atoms with van der Waals surface area (Å²) < 4.78 is 8.16. The summed E-state index contributed by atoms with van der Waals surface area (Å²) in [5.74, 6) is -0.129. The Kier molecular flexibility index (Phi) is 6.66. The van der Waals surface area contributed by atoms with E-state index in [1.165, 1.54) is 0 Å². The molecule has 0 spiro atoms. The second kappa shape index (κ2) is 9.38. The van der Waals surface area contributed by atoms with Crippen molar-refractivity contribution in [2.45, 2.75) is 20.0 Å². The normalized spacial score (nSPS) is 11.6. The molecule has 0 aliphatic heterocycles. The maximum atomic E-state index is 12.2. The van der Waals surface area contributed by atoms with Crippen LogP contribution in [0.15, 0.2) is 65.4 Å². The Bertz CT molecular complexity index is 988. The smallest absolute Gasteiger partial charge is 0.261 e. The molecular weight excluding hydrogens is 436 g/mol. The fraction of sp³-hybridized carbons (Fsp3) is 0.190. The number of carbonyl (C=O) groups excluding carboxylic acids is 2. The van der Waals surface area contributed by atoms with Crippen LogP contribution < -0.4 is 15.4 Å². The molecule has 0 radical (unpaired) electrons. The average molecular weight is 457 g/mol. The van der Waals surface area contributed by atoms with Gasteiger partial charge in [0.05, 0.1) is 16.7 Å². The molecule has 29 heavy (non-hydrogen) atoms. The summed E-state index contributed by atoms with van der Waals surface area (Å²) in [5.41, 5.74) is 2.60. The molecule has 0 saturated carbocycles. The molecule has 1 atom stereocenters. The van der Waals surface area contributed by atoms with Crippen LogP contribution in [0.1, 0.15) is 12.5 Å². The van der Waals surface area contributed by atoms with Crippen molar-refractivity contribution in [3.05, 3.63) is 71.0 Å². The van der Waals surface area contributed by atoms with Crippen molar-refractivity contribution in [1.82, 2.24) is 15.1 Å². The highest BCUT2D eigenvalue weighted by molar-refractivity contribution is 9.10. The summed E-state index contributed by atoms with van der Waals surface area (Å²) in [6, 6.07) is 14.7. The molecule has 2 N–H and O–H groups in total. The number of halogens is 1. The van der Waals surface area contributed by atoms with Crippen LogP contribution in [0.4, 0.5) is 5.69 Å². The minimum Gasteiger partial charge on any atom is -0.480 e. The highest BCUT2D eigenvalue weighted by Crippen LogP contribution is 2.26. The fourth-order valence-corrected chi connectivity index (χ4v) is 3.17. The predicted molar refractivity (Wildman–Crippen MR) is 114 cm³/mol. The minimum absolute atomic E-state index is 0.150. The quantitative estimate of drug-likeness (QED) is 0.569. The van der Waals surface area contributed by atoms with Gasteiger partial charge in [0.25, 0.3) is 5.91 Å². The third-order valence-corrected chi connectivity index (χ3v) is 4.72. The number of benzene rings is 2. The van der Waals surface area contributed by atoms with Crippen LogP contribution in [0.3, 0.4) is 0 Å². The van der Waals surface area contributed by atoms with Crippen molar-refractivity contribution < 1.29 is 14.3 Å². The number of anilines is 1. The molecule has 2 amide bonds. The van der Waals surface area contributed by atoms with E-state index < -0.39 is 6.10 Å². The number of hydrogen-bond acceptors (Lipinski definition) is 4. The fourth-order valence-electron chi connectivity index (χ4n) is 2.58. The van der Waals surface area contributed by atoms with Crippen LogP contribution in [0, 0.1) is 6.92 Å². The maximum Gasteiger partial charge on any atom is 0.261 e. The van der Waals surface area contributed by atoms with E-state index in [9.17, 15) is 9.59 Å². The molecule has 0 aliphatic rings. The zero-order chi connectivity index (χ0) is 20.8. The van der Waals surface area contributed by atoms with E-state index in [0.29, 0.717) is 11.4 Å². The van der Waals surface area contributed by atoms with E-state index in [2.05, 4.69) is 31.7 Å². The van der Waals surface area contributed by atoms with Gasteiger partial charge in [-0.1, -0.05) is 6.07 Å². The molecule has 8 heteroatoms. The number of amides is 2. The van der Waals surface area contributed by atoms with Gasteiger partial charge in [-0.05, 0) is 77.8 Å². The summed E-state index contributed by atoms with van der Waals surface area (Å²) >= 11 is 3.42. The molecule has 1 heterocycles. The summed E-state index contributed by atoms with van der Waals surface area (Å²) in [4.78, 5) is 24.3. The lowest BCUT2D eigenvalue weighted by atomic mass is 10.2. The van der Waals surface area contributed by atoms with Gasteiger partial charge in [-0.2, -0.15) is 5.10 Å². The van der Waals surface area contributed by atoms with Crippen LogP contribution >= 0.6 is 15.9 Å². The first-order valence-electron chi connectivity index (χ1n) is 9.03. The molecule has 1 unspecified atom stereocenters. The number of ether oxygens (including phenoxy) is 1. The third-order valence-electron chi connectivity index (χ3n) is 4.10. The van der Waals surface area contributed by atoms with Crippen molar-refractivity contribution >= 4 is 33.4 Å². The predicted octanol–water partition coefficient (Wildman–Crippen LogP) is 3.47. The van der Waals surface area contributed by atoms with Gasteiger partial charge in [-0.25, -0.2) is 4.68 Å². The number of carbonyl (C=O) groups is 2. The lowest BCUT2D eigenvalue weighted by Crippen LogP contribution is -2.40. The van der Waals surface area contributed by atoms with Crippen molar-refractivity contribution in [3.8, 4) is 11.4 Å². The van der Waals surface area contributed by atoms with Gasteiger partial charge in [0.1, 0.15) is 5.75 Å². The van der Waals surface area contributed by atoms with E-state index in [1.54, 1.807) is 36.0 Å². The lowest BCUT2D eigenvalue weighted by molar-refractivity contribution is -0.129. The van der Waals surface area contributed by atoms with E-state index >= 15 is 0 Å². The van der Waals surface area contributed by atoms with Crippen molar-refractivity contribution in [1.29, 1.82) is 0 Å². The van der Waals surface area contributed by atoms with Gasteiger partial charge in [0.15, 0.2) is 6.10 Å². The van der Waals surface area contributed by atoms with Gasteiger partial charge in [-0.3, -0.25) is 9.59 Å². The van der Waals surface area contributed by atoms with Crippen LogP contribution in [-0.4, -0.2) is 34.2 Å². The average Bonchev–Trinajstić information content (AvgIpc) is 3.23. The number of nitrogens with one attached hydrogen (secondary N) is 2. The summed E-state index contributed by atoms with van der Waals surface area (Å²) in [6.07, 6.45) is 2.79. The Hall–Kier alpha value is -3.13. The summed E-state index contributed by atoms with van der Waals surface area (Å²) in [6.45, 7) is 3.45. The number of aromatic nitrogens is 2. The van der Waals surface area contributed by atoms with Crippen LogP contribution in [0.2, 0.25) is 0 Å². The largest absolute Gasteiger partial charge is 0.480 e. The second-order valence-corrected chi connectivity index (χ2v) is 7.31. The molecule has 1 aromatic heterocycles. The van der Waals surface area contributed by atoms with Gasteiger partial charge in [0, 0.05) is 18.1 Å². The van der Waals surface area contributed by atoms with E-state index in [-0.39, 0.29) is 18.4 Å². The van der Waals surface area contributed by atoms with Crippen LogP contribution in [0.25, 0.3) is 5.69 Å². The molecule has 0 bridgehead atoms. The first-order chi connectivity index (χ1) is 13.9. The van der Waals surface area contributed by atoms with Gasteiger partial charge in [-0.15, -0.1) is 0 Å². The molecule has 0 fully saturated rings. The summed E-state index contributed by atoms with van der Waals surface area (Å²) in [7, 11) is 0. The standard InChI is InChI=1S/C21H21BrN4O3/c1-14-4-9-19(18(22)12-14)29-15(2)21(28)23-13-20(27)25-16-5-7-17(8-6-16)26-11-3-10-24-26/h3-12,15H,13H2,1-2H3,(H,23,28)(H,25,27). The molecule has 0 saturated heterocycles. The molecule has 3 aromatic rings. The first-order valence-corrected chi connectivity index (χ1v) is 9.82. The molecular formula is C21H21BrN4O3. The Balaban J connectivity index is 1.47. The maximum absolute atomic E-state index is 12.2. The number of nitrogens with zero attached hydrogens (tertiary/aromatic N) is 2.